The van der Waals surface area contributed by atoms with Crippen molar-refractivity contribution in [1.82, 2.24) is 16.0 Å². The first-order chi connectivity index (χ1) is 9.59. The summed E-state index contributed by atoms with van der Waals surface area (Å²) < 4.78 is 0. The number of rotatable bonds is 4. The van der Waals surface area contributed by atoms with Crippen molar-refractivity contribution < 1.29 is 9.90 Å². The van der Waals surface area contributed by atoms with Crippen molar-refractivity contribution in [1.29, 1.82) is 0 Å². The molecule has 4 N–H and O–H groups in total. The molecule has 122 valence electrons. The van der Waals surface area contributed by atoms with Crippen LogP contribution in [0, 0.1) is 5.92 Å². The molecule has 2 heterocycles. The Morgan fingerprint density at radius 1 is 1.24 bits per heavy atom. The van der Waals surface area contributed by atoms with Crippen molar-refractivity contribution in [3.8, 4) is 0 Å². The second-order valence-electron chi connectivity index (χ2n) is 8.30. The molecular weight excluding hydrogens is 266 g/mol. The summed E-state index contributed by atoms with van der Waals surface area (Å²) in [6.45, 7) is 10.6. The smallest absolute Gasteiger partial charge is 0.220 e. The number of piperidine rings is 1. The van der Waals surface area contributed by atoms with Gasteiger partial charge in [-0.15, -0.1) is 0 Å². The van der Waals surface area contributed by atoms with E-state index < -0.39 is 5.60 Å². The third-order valence-electron chi connectivity index (χ3n) is 4.58. The quantitative estimate of drug-likeness (QED) is 0.618. The average molecular weight is 297 g/mol. The second-order valence-corrected chi connectivity index (χ2v) is 8.30. The van der Waals surface area contributed by atoms with Crippen LogP contribution >= 0.6 is 0 Å². The van der Waals surface area contributed by atoms with E-state index in [0.29, 0.717) is 31.8 Å². The first-order valence-electron chi connectivity index (χ1n) is 8.08. The Hall–Kier alpha value is -0.650. The molecule has 0 saturated carbocycles. The van der Waals surface area contributed by atoms with Crippen LogP contribution in [0.3, 0.4) is 0 Å². The largest absolute Gasteiger partial charge is 0.387 e. The number of carbonyl (C=O) groups is 1. The van der Waals surface area contributed by atoms with Gasteiger partial charge in [-0.1, -0.05) is 0 Å². The van der Waals surface area contributed by atoms with Gasteiger partial charge in [0.1, 0.15) is 0 Å². The lowest BCUT2D eigenvalue weighted by atomic mass is 9.74. The second kappa shape index (κ2) is 5.86. The molecular formula is C16H31N3O2. The van der Waals surface area contributed by atoms with Gasteiger partial charge >= 0.3 is 0 Å². The van der Waals surface area contributed by atoms with Crippen LogP contribution in [0.4, 0.5) is 0 Å². The Labute approximate surface area is 128 Å². The monoisotopic (exact) mass is 297 g/mol. The van der Waals surface area contributed by atoms with Gasteiger partial charge in [0.15, 0.2) is 0 Å². The molecule has 5 nitrogen and oxygen atoms in total. The summed E-state index contributed by atoms with van der Waals surface area (Å²) in [5.74, 6) is 0.460. The van der Waals surface area contributed by atoms with Crippen LogP contribution in [0.25, 0.3) is 0 Å². The summed E-state index contributed by atoms with van der Waals surface area (Å²) in [7, 11) is 0. The minimum Gasteiger partial charge on any atom is -0.387 e. The molecule has 5 heteroatoms. The first kappa shape index (κ1) is 16.7. The molecule has 0 spiro atoms. The molecule has 2 aliphatic rings. The molecule has 21 heavy (non-hydrogen) atoms. The highest BCUT2D eigenvalue weighted by Crippen LogP contribution is 2.34. The zero-order valence-corrected chi connectivity index (χ0v) is 13.9. The fourth-order valence-electron chi connectivity index (χ4n) is 4.16. The zero-order chi connectivity index (χ0) is 15.7. The molecule has 0 aliphatic carbocycles. The van der Waals surface area contributed by atoms with Crippen LogP contribution in [0.5, 0.6) is 0 Å². The third-order valence-corrected chi connectivity index (χ3v) is 4.58. The summed E-state index contributed by atoms with van der Waals surface area (Å²) in [4.78, 5) is 12.2. The molecule has 2 saturated heterocycles. The van der Waals surface area contributed by atoms with Crippen molar-refractivity contribution in [3.63, 3.8) is 0 Å². The Morgan fingerprint density at radius 3 is 2.38 bits per heavy atom. The molecule has 0 aromatic rings. The molecule has 1 unspecified atom stereocenters. The summed E-state index contributed by atoms with van der Waals surface area (Å²) in [6, 6.07) is 0. The van der Waals surface area contributed by atoms with Crippen LogP contribution in [-0.4, -0.2) is 47.3 Å². The van der Waals surface area contributed by atoms with E-state index >= 15 is 0 Å². The van der Waals surface area contributed by atoms with Crippen LogP contribution < -0.4 is 16.0 Å². The summed E-state index contributed by atoms with van der Waals surface area (Å²) in [6.07, 6.45) is 3.28. The minimum absolute atomic E-state index is 0.0637. The van der Waals surface area contributed by atoms with Gasteiger partial charge in [-0.2, -0.15) is 0 Å². The van der Waals surface area contributed by atoms with Crippen molar-refractivity contribution >= 4 is 5.91 Å². The summed E-state index contributed by atoms with van der Waals surface area (Å²) in [5, 5.41) is 19.9. The van der Waals surface area contributed by atoms with Gasteiger partial charge < -0.3 is 21.1 Å². The maximum Gasteiger partial charge on any atom is 0.220 e. The highest BCUT2D eigenvalue weighted by Gasteiger charge is 2.38. The number of aliphatic hydroxyl groups is 1. The Balaban J connectivity index is 1.82. The highest BCUT2D eigenvalue weighted by molar-refractivity contribution is 5.76. The fraction of sp³-hybridized carbons (Fsp3) is 0.938. The molecule has 0 aromatic carbocycles. The maximum absolute atomic E-state index is 12.2. The molecule has 1 atom stereocenters. The van der Waals surface area contributed by atoms with Crippen molar-refractivity contribution in [2.45, 2.75) is 70.1 Å². The number of hydrogen-bond acceptors (Lipinski definition) is 4. The van der Waals surface area contributed by atoms with E-state index in [1.165, 1.54) is 0 Å². The minimum atomic E-state index is -0.762. The number of amides is 1. The lowest BCUT2D eigenvalue weighted by Crippen LogP contribution is -2.58. The van der Waals surface area contributed by atoms with Crippen LogP contribution in [-0.2, 0) is 4.79 Å². The van der Waals surface area contributed by atoms with Gasteiger partial charge in [-0.25, -0.2) is 0 Å². The Kier molecular flexibility index (Phi) is 4.66. The lowest BCUT2D eigenvalue weighted by molar-refractivity contribution is -0.123. The van der Waals surface area contributed by atoms with Gasteiger partial charge in [0.25, 0.3) is 0 Å². The standard InChI is InChI=1S/C16H31N3O2/c1-14(2)8-12(9-15(3,4)19-14)7-13(20)18-11-16(21)5-6-17-10-16/h12,17,19,21H,5-11H2,1-4H3,(H,18,20). The number of hydrogen-bond donors (Lipinski definition) is 4. The van der Waals surface area contributed by atoms with E-state index in [-0.39, 0.29) is 17.0 Å². The zero-order valence-electron chi connectivity index (χ0n) is 13.9. The maximum atomic E-state index is 12.2. The van der Waals surface area contributed by atoms with E-state index in [0.717, 1.165) is 19.4 Å². The molecule has 2 aliphatic heterocycles. The number of carbonyl (C=O) groups excluding carboxylic acids is 1. The van der Waals surface area contributed by atoms with Gasteiger partial charge in [-0.05, 0) is 59.4 Å². The lowest BCUT2D eigenvalue weighted by Gasteiger charge is -2.46. The predicted molar refractivity (Wildman–Crippen MR) is 84.1 cm³/mol. The van der Waals surface area contributed by atoms with Gasteiger partial charge in [-0.3, -0.25) is 4.79 Å². The SMILES string of the molecule is CC1(C)CC(CC(=O)NCC2(O)CCNC2)CC(C)(C)N1. The van der Waals surface area contributed by atoms with E-state index in [9.17, 15) is 9.90 Å². The van der Waals surface area contributed by atoms with E-state index in [1.807, 2.05) is 0 Å². The van der Waals surface area contributed by atoms with Gasteiger partial charge in [0.2, 0.25) is 5.91 Å². The molecule has 2 rings (SSSR count). The summed E-state index contributed by atoms with van der Waals surface area (Å²) >= 11 is 0. The van der Waals surface area contributed by atoms with Crippen molar-refractivity contribution in [2.75, 3.05) is 19.6 Å². The molecule has 0 radical (unpaired) electrons. The normalized spacial score (nSPS) is 32.0. The highest BCUT2D eigenvalue weighted by atomic mass is 16.3. The summed E-state index contributed by atoms with van der Waals surface area (Å²) in [5.41, 5.74) is -0.622. The molecule has 0 bridgehead atoms. The number of nitrogens with one attached hydrogen (secondary N) is 3. The van der Waals surface area contributed by atoms with E-state index in [4.69, 9.17) is 0 Å². The van der Waals surface area contributed by atoms with Crippen molar-refractivity contribution in [3.05, 3.63) is 0 Å². The molecule has 0 aromatic heterocycles. The van der Waals surface area contributed by atoms with Crippen LogP contribution in [0.2, 0.25) is 0 Å². The van der Waals surface area contributed by atoms with Gasteiger partial charge in [0, 0.05) is 30.6 Å². The van der Waals surface area contributed by atoms with Crippen LogP contribution in [0.15, 0.2) is 0 Å². The fourth-order valence-corrected chi connectivity index (χ4v) is 4.16. The van der Waals surface area contributed by atoms with Crippen molar-refractivity contribution in [2.24, 2.45) is 5.92 Å². The predicted octanol–water partition coefficient (Wildman–Crippen LogP) is 0.774. The van der Waals surface area contributed by atoms with Gasteiger partial charge in [0.05, 0.1) is 5.60 Å². The van der Waals surface area contributed by atoms with E-state index in [1.54, 1.807) is 0 Å². The molecule has 2 fully saturated rings. The Morgan fingerprint density at radius 2 is 1.86 bits per heavy atom. The third kappa shape index (κ3) is 4.94. The molecule has 1 amide bonds. The number of β-amino-alcohol motifs (C(OH)–C–C–N with tert-alkyl or cyclic N) is 1. The Bertz CT molecular complexity index is 371. The van der Waals surface area contributed by atoms with Crippen LogP contribution in [0.1, 0.15) is 53.4 Å². The topological polar surface area (TPSA) is 73.4 Å². The van der Waals surface area contributed by atoms with E-state index in [2.05, 4.69) is 43.6 Å². The first-order valence-corrected chi connectivity index (χ1v) is 8.08. The average Bonchev–Trinajstić information content (AvgIpc) is 2.70.